The molecule has 0 aliphatic rings. The molecule has 0 aliphatic heterocycles. The molecule has 6 heteroatoms. The summed E-state index contributed by atoms with van der Waals surface area (Å²) in [4.78, 5) is 24.5. The number of amides is 1. The molecule has 0 aliphatic carbocycles. The Labute approximate surface area is 495 Å². The molecule has 0 bridgehead atoms. The number of aliphatic hydroxyl groups excluding tert-OH is 2. The van der Waals surface area contributed by atoms with Gasteiger partial charge in [-0.15, -0.1) is 0 Å². The van der Waals surface area contributed by atoms with E-state index in [1.807, 2.05) is 0 Å². The Morgan fingerprint density at radius 2 is 0.595 bits per heavy atom. The first-order chi connectivity index (χ1) is 39.0. The summed E-state index contributed by atoms with van der Waals surface area (Å²) in [6.07, 6.45) is 85.8. The van der Waals surface area contributed by atoms with Crippen molar-refractivity contribution in [2.45, 2.75) is 431 Å². The molecule has 79 heavy (non-hydrogen) atoms. The van der Waals surface area contributed by atoms with E-state index in [-0.39, 0.29) is 18.5 Å². The van der Waals surface area contributed by atoms with Gasteiger partial charge in [-0.1, -0.05) is 366 Å². The van der Waals surface area contributed by atoms with Crippen molar-refractivity contribution in [3.05, 3.63) is 12.2 Å². The SMILES string of the molecule is CCCCCCCCCCCCCCC(O)C(CO)NC(=O)CCCCCCCCCCCCCCCCCCC/C=C\CCCCCCCCCCCCCCCCCCCCOC(=O)CCCCCCCCCCCCC. The first-order valence-electron chi connectivity index (χ1n) is 36.4. The highest BCUT2D eigenvalue weighted by Crippen LogP contribution is 2.19. The van der Waals surface area contributed by atoms with Crippen LogP contribution in [-0.2, 0) is 14.3 Å². The van der Waals surface area contributed by atoms with Gasteiger partial charge in [-0.25, -0.2) is 0 Å². The Hall–Kier alpha value is -1.40. The van der Waals surface area contributed by atoms with E-state index in [0.717, 1.165) is 38.5 Å². The molecule has 0 rings (SSSR count). The lowest BCUT2D eigenvalue weighted by Crippen LogP contribution is -2.45. The minimum atomic E-state index is -0.659. The number of nitrogens with one attached hydrogen (secondary N) is 1. The molecule has 0 aromatic heterocycles. The molecule has 0 heterocycles. The summed E-state index contributed by atoms with van der Waals surface area (Å²) >= 11 is 0. The van der Waals surface area contributed by atoms with Gasteiger partial charge in [0.2, 0.25) is 5.91 Å². The maximum absolute atomic E-state index is 12.5. The second-order valence-electron chi connectivity index (χ2n) is 25.3. The Bertz CT molecular complexity index is 1190. The first kappa shape index (κ1) is 77.6. The Balaban J connectivity index is 3.30. The van der Waals surface area contributed by atoms with Crippen molar-refractivity contribution in [2.24, 2.45) is 0 Å². The third-order valence-electron chi connectivity index (χ3n) is 17.3. The van der Waals surface area contributed by atoms with E-state index in [0.29, 0.717) is 25.9 Å². The smallest absolute Gasteiger partial charge is 0.305 e. The number of carbonyl (C=O) groups excluding carboxylic acids is 2. The van der Waals surface area contributed by atoms with Crippen LogP contribution in [0.2, 0.25) is 0 Å². The molecule has 0 saturated heterocycles. The summed E-state index contributed by atoms with van der Waals surface area (Å²) in [7, 11) is 0. The van der Waals surface area contributed by atoms with Crippen LogP contribution >= 0.6 is 0 Å². The zero-order valence-corrected chi connectivity index (χ0v) is 53.9. The van der Waals surface area contributed by atoms with Crippen LogP contribution in [0, 0.1) is 0 Å². The van der Waals surface area contributed by atoms with E-state index in [1.165, 1.54) is 347 Å². The topological polar surface area (TPSA) is 95.9 Å². The minimum absolute atomic E-state index is 0.0229. The Morgan fingerprint density at radius 3 is 0.899 bits per heavy atom. The number of esters is 1. The molecule has 0 radical (unpaired) electrons. The fraction of sp³-hybridized carbons (Fsp3) is 0.945. The van der Waals surface area contributed by atoms with E-state index >= 15 is 0 Å². The van der Waals surface area contributed by atoms with Gasteiger partial charge >= 0.3 is 5.97 Å². The third kappa shape index (κ3) is 65.6. The first-order valence-corrected chi connectivity index (χ1v) is 36.4. The number of rotatable bonds is 69. The van der Waals surface area contributed by atoms with E-state index in [2.05, 4.69) is 31.3 Å². The lowest BCUT2D eigenvalue weighted by atomic mass is 10.0. The lowest BCUT2D eigenvalue weighted by molar-refractivity contribution is -0.143. The zero-order valence-electron chi connectivity index (χ0n) is 53.9. The highest BCUT2D eigenvalue weighted by Gasteiger charge is 2.20. The van der Waals surface area contributed by atoms with Crippen molar-refractivity contribution >= 4 is 11.9 Å². The molecule has 470 valence electrons. The zero-order chi connectivity index (χ0) is 57.1. The number of hydrogen-bond donors (Lipinski definition) is 3. The standard InChI is InChI=1S/C73H143NO5/c1-3-5-7-9-11-13-15-46-49-53-57-61-65-71(76)70(69-75)74-72(77)66-62-58-54-50-47-43-41-39-37-35-33-31-29-27-25-23-21-19-17-16-18-20-22-24-26-28-30-32-34-36-38-40-42-44-48-52-56-60-64-68-79-73(78)67-63-59-55-51-45-14-12-10-8-6-4-2/h16-17,70-71,75-76H,3-15,18-69H2,1-2H3,(H,74,77)/b17-16-. The molecule has 0 aromatic rings. The maximum atomic E-state index is 12.5. The lowest BCUT2D eigenvalue weighted by Gasteiger charge is -2.22. The van der Waals surface area contributed by atoms with Crippen molar-refractivity contribution in [1.82, 2.24) is 5.32 Å². The van der Waals surface area contributed by atoms with Crippen molar-refractivity contribution in [2.75, 3.05) is 13.2 Å². The van der Waals surface area contributed by atoms with Crippen molar-refractivity contribution in [1.29, 1.82) is 0 Å². The summed E-state index contributed by atoms with van der Waals surface area (Å²) in [6, 6.07) is -0.536. The number of unbranched alkanes of at least 4 members (excludes halogenated alkanes) is 56. The quantitative estimate of drug-likeness (QED) is 0.0320. The fourth-order valence-electron chi connectivity index (χ4n) is 11.8. The number of carbonyl (C=O) groups is 2. The van der Waals surface area contributed by atoms with Crippen molar-refractivity contribution < 1.29 is 24.5 Å². The van der Waals surface area contributed by atoms with Crippen LogP contribution in [-0.4, -0.2) is 47.4 Å². The molecule has 6 nitrogen and oxygen atoms in total. The number of ether oxygens (including phenoxy) is 1. The second-order valence-corrected chi connectivity index (χ2v) is 25.3. The number of allylic oxidation sites excluding steroid dienone is 2. The average molecular weight is 1110 g/mol. The molecule has 2 unspecified atom stereocenters. The number of aliphatic hydroxyl groups is 2. The van der Waals surface area contributed by atoms with Crippen LogP contribution in [0.15, 0.2) is 12.2 Å². The highest BCUT2D eigenvalue weighted by atomic mass is 16.5. The molecule has 0 saturated carbocycles. The van der Waals surface area contributed by atoms with E-state index in [9.17, 15) is 19.8 Å². The van der Waals surface area contributed by atoms with Crippen molar-refractivity contribution in [3.63, 3.8) is 0 Å². The summed E-state index contributed by atoms with van der Waals surface area (Å²) < 4.78 is 5.48. The van der Waals surface area contributed by atoms with Gasteiger partial charge < -0.3 is 20.3 Å². The summed E-state index contributed by atoms with van der Waals surface area (Å²) in [6.45, 7) is 4.98. The predicted molar refractivity (Wildman–Crippen MR) is 347 cm³/mol. The summed E-state index contributed by atoms with van der Waals surface area (Å²) in [5, 5.41) is 23.3. The summed E-state index contributed by atoms with van der Waals surface area (Å²) in [5.74, 6) is -0.00571. The monoisotopic (exact) mass is 1110 g/mol. The van der Waals surface area contributed by atoms with Crippen molar-refractivity contribution in [3.8, 4) is 0 Å². The van der Waals surface area contributed by atoms with Gasteiger partial charge in [-0.3, -0.25) is 9.59 Å². The van der Waals surface area contributed by atoms with Crippen LogP contribution in [0.4, 0.5) is 0 Å². The van der Waals surface area contributed by atoms with Gasteiger partial charge in [-0.2, -0.15) is 0 Å². The van der Waals surface area contributed by atoms with E-state index in [1.54, 1.807) is 0 Å². The van der Waals surface area contributed by atoms with Crippen LogP contribution < -0.4 is 5.32 Å². The van der Waals surface area contributed by atoms with Gasteiger partial charge in [0.25, 0.3) is 0 Å². The summed E-state index contributed by atoms with van der Waals surface area (Å²) in [5.41, 5.74) is 0. The van der Waals surface area contributed by atoms with Gasteiger partial charge in [0.15, 0.2) is 0 Å². The maximum Gasteiger partial charge on any atom is 0.305 e. The normalized spacial score (nSPS) is 12.5. The van der Waals surface area contributed by atoms with Crippen LogP contribution in [0.25, 0.3) is 0 Å². The molecule has 1 amide bonds. The largest absolute Gasteiger partial charge is 0.466 e. The van der Waals surface area contributed by atoms with Gasteiger partial charge in [0, 0.05) is 12.8 Å². The molecular formula is C73H143NO5. The Kier molecular flexibility index (Phi) is 67.9. The van der Waals surface area contributed by atoms with Gasteiger partial charge in [0.05, 0.1) is 25.4 Å². The van der Waals surface area contributed by atoms with E-state index in [4.69, 9.17) is 4.74 Å². The average Bonchev–Trinajstić information content (AvgIpc) is 3.45. The van der Waals surface area contributed by atoms with Crippen LogP contribution in [0.3, 0.4) is 0 Å². The molecule has 3 N–H and O–H groups in total. The van der Waals surface area contributed by atoms with Gasteiger partial charge in [0.1, 0.15) is 0 Å². The van der Waals surface area contributed by atoms with Crippen LogP contribution in [0.5, 0.6) is 0 Å². The van der Waals surface area contributed by atoms with E-state index < -0.39 is 12.1 Å². The predicted octanol–water partition coefficient (Wildman–Crippen LogP) is 23.5. The second kappa shape index (κ2) is 69.1. The number of hydrogen-bond acceptors (Lipinski definition) is 5. The molecule has 0 aromatic carbocycles. The molecule has 2 atom stereocenters. The molecule has 0 spiro atoms. The third-order valence-corrected chi connectivity index (χ3v) is 17.3. The minimum Gasteiger partial charge on any atom is -0.466 e. The van der Waals surface area contributed by atoms with Gasteiger partial charge in [-0.05, 0) is 51.4 Å². The molecule has 0 fully saturated rings. The highest BCUT2D eigenvalue weighted by molar-refractivity contribution is 5.76. The van der Waals surface area contributed by atoms with Crippen LogP contribution in [0.1, 0.15) is 418 Å². The fourth-order valence-corrected chi connectivity index (χ4v) is 11.8. The molecular weight excluding hydrogens is 971 g/mol. The Morgan fingerprint density at radius 1 is 0.342 bits per heavy atom.